The topological polar surface area (TPSA) is 50.4 Å². The Hall–Kier alpha value is -2.20. The van der Waals surface area contributed by atoms with Crippen LogP contribution in [0.25, 0.3) is 0 Å². The van der Waals surface area contributed by atoms with Crippen LogP contribution in [0.3, 0.4) is 0 Å². The van der Waals surface area contributed by atoms with E-state index in [1.54, 1.807) is 31.2 Å². The maximum atomic E-state index is 12.1. The lowest BCUT2D eigenvalue weighted by atomic mass is 10.2. The van der Waals surface area contributed by atoms with Crippen LogP contribution in [-0.4, -0.2) is 18.6 Å². The van der Waals surface area contributed by atoms with E-state index in [4.69, 9.17) is 16.3 Å². The molecule has 0 bridgehead atoms. The molecule has 4 nitrogen and oxygen atoms in total. The summed E-state index contributed by atoms with van der Waals surface area (Å²) < 4.78 is 5.60. The van der Waals surface area contributed by atoms with Gasteiger partial charge in [-0.05, 0) is 55.3 Å². The van der Waals surface area contributed by atoms with Gasteiger partial charge < -0.3 is 15.4 Å². The number of halogens is 1. The average molecular weight is 347 g/mol. The molecule has 0 spiro atoms. The molecule has 5 heteroatoms. The van der Waals surface area contributed by atoms with Crippen molar-refractivity contribution in [2.24, 2.45) is 0 Å². The monoisotopic (exact) mass is 346 g/mol. The van der Waals surface area contributed by atoms with E-state index in [2.05, 4.69) is 17.6 Å². The number of anilines is 1. The third kappa shape index (κ3) is 5.78. The van der Waals surface area contributed by atoms with Gasteiger partial charge in [0.15, 0.2) is 6.10 Å². The molecule has 0 aliphatic heterocycles. The van der Waals surface area contributed by atoms with Crippen molar-refractivity contribution in [1.29, 1.82) is 0 Å². The maximum Gasteiger partial charge on any atom is 0.261 e. The van der Waals surface area contributed by atoms with Gasteiger partial charge in [0.05, 0.1) is 0 Å². The predicted molar refractivity (Wildman–Crippen MR) is 98.6 cm³/mol. The quantitative estimate of drug-likeness (QED) is 0.751. The normalized spacial score (nSPS) is 11.6. The Labute approximate surface area is 148 Å². The summed E-state index contributed by atoms with van der Waals surface area (Å²) in [4.78, 5) is 12.1. The van der Waals surface area contributed by atoms with E-state index >= 15 is 0 Å². The van der Waals surface area contributed by atoms with Gasteiger partial charge in [-0.3, -0.25) is 4.79 Å². The largest absolute Gasteiger partial charge is 0.481 e. The molecular formula is C19H23ClN2O2. The highest BCUT2D eigenvalue weighted by atomic mass is 35.5. The number of carbonyl (C=O) groups excluding carboxylic acids is 1. The summed E-state index contributed by atoms with van der Waals surface area (Å²) >= 11 is 5.83. The SMILES string of the molecule is CCCNc1ccc(CNC(=O)[C@@H](C)Oc2ccc(Cl)cc2)cc1. The number of amides is 1. The summed E-state index contributed by atoms with van der Waals surface area (Å²) in [6.45, 7) is 5.28. The van der Waals surface area contributed by atoms with Crippen LogP contribution in [0.2, 0.25) is 5.02 Å². The first-order valence-electron chi connectivity index (χ1n) is 8.11. The minimum absolute atomic E-state index is 0.155. The van der Waals surface area contributed by atoms with Crippen LogP contribution in [0.5, 0.6) is 5.75 Å². The number of rotatable bonds is 8. The van der Waals surface area contributed by atoms with Crippen molar-refractivity contribution >= 4 is 23.2 Å². The molecule has 2 aromatic carbocycles. The van der Waals surface area contributed by atoms with E-state index < -0.39 is 6.10 Å². The van der Waals surface area contributed by atoms with Gasteiger partial charge >= 0.3 is 0 Å². The van der Waals surface area contributed by atoms with E-state index in [0.717, 1.165) is 24.2 Å². The molecule has 0 saturated carbocycles. The van der Waals surface area contributed by atoms with Crippen molar-refractivity contribution in [3.63, 3.8) is 0 Å². The smallest absolute Gasteiger partial charge is 0.261 e. The summed E-state index contributed by atoms with van der Waals surface area (Å²) in [5.74, 6) is 0.464. The van der Waals surface area contributed by atoms with Crippen LogP contribution in [0.1, 0.15) is 25.8 Å². The van der Waals surface area contributed by atoms with Crippen molar-refractivity contribution in [2.45, 2.75) is 32.9 Å². The molecule has 0 aromatic heterocycles. The molecule has 0 radical (unpaired) electrons. The van der Waals surface area contributed by atoms with Crippen LogP contribution >= 0.6 is 11.6 Å². The lowest BCUT2D eigenvalue weighted by Gasteiger charge is -2.15. The second-order valence-corrected chi connectivity index (χ2v) is 5.99. The van der Waals surface area contributed by atoms with Gasteiger partial charge in [0.1, 0.15) is 5.75 Å². The van der Waals surface area contributed by atoms with Gasteiger partial charge in [0, 0.05) is 23.8 Å². The van der Waals surface area contributed by atoms with Gasteiger partial charge in [0.25, 0.3) is 5.91 Å². The number of ether oxygens (including phenoxy) is 1. The van der Waals surface area contributed by atoms with Crippen molar-refractivity contribution < 1.29 is 9.53 Å². The van der Waals surface area contributed by atoms with Crippen molar-refractivity contribution in [3.8, 4) is 5.75 Å². The Morgan fingerprint density at radius 1 is 1.12 bits per heavy atom. The lowest BCUT2D eigenvalue weighted by molar-refractivity contribution is -0.127. The van der Waals surface area contributed by atoms with Gasteiger partial charge in [-0.1, -0.05) is 30.7 Å². The maximum absolute atomic E-state index is 12.1. The first-order valence-corrected chi connectivity index (χ1v) is 8.49. The molecule has 0 heterocycles. The molecule has 0 unspecified atom stereocenters. The number of benzene rings is 2. The first kappa shape index (κ1) is 18.1. The molecule has 0 aliphatic rings. The Kier molecular flexibility index (Phi) is 6.94. The Bertz CT molecular complexity index is 641. The molecule has 2 N–H and O–H groups in total. The summed E-state index contributed by atoms with van der Waals surface area (Å²) in [5.41, 5.74) is 2.13. The van der Waals surface area contributed by atoms with Crippen LogP contribution in [-0.2, 0) is 11.3 Å². The molecule has 0 fully saturated rings. The summed E-state index contributed by atoms with van der Waals surface area (Å²) in [6.07, 6.45) is 0.514. The Morgan fingerprint density at radius 3 is 2.42 bits per heavy atom. The molecular weight excluding hydrogens is 324 g/mol. The Balaban J connectivity index is 1.80. The number of nitrogens with one attached hydrogen (secondary N) is 2. The highest BCUT2D eigenvalue weighted by molar-refractivity contribution is 6.30. The van der Waals surface area contributed by atoms with E-state index in [0.29, 0.717) is 17.3 Å². The average Bonchev–Trinajstić information content (AvgIpc) is 2.60. The van der Waals surface area contributed by atoms with Crippen LogP contribution < -0.4 is 15.4 Å². The second-order valence-electron chi connectivity index (χ2n) is 5.56. The fourth-order valence-electron chi connectivity index (χ4n) is 2.11. The molecule has 2 aromatic rings. The zero-order valence-corrected chi connectivity index (χ0v) is 14.8. The number of carbonyl (C=O) groups is 1. The minimum Gasteiger partial charge on any atom is -0.481 e. The highest BCUT2D eigenvalue weighted by Crippen LogP contribution is 2.17. The minimum atomic E-state index is -0.573. The second kappa shape index (κ2) is 9.18. The van der Waals surface area contributed by atoms with Gasteiger partial charge in [0.2, 0.25) is 0 Å². The molecule has 24 heavy (non-hydrogen) atoms. The first-order chi connectivity index (χ1) is 11.6. The standard InChI is InChI=1S/C19H23ClN2O2/c1-3-12-21-17-8-4-15(5-9-17)13-22-19(23)14(2)24-18-10-6-16(20)7-11-18/h4-11,14,21H,3,12-13H2,1-2H3,(H,22,23)/t14-/m1/s1. The van der Waals surface area contributed by atoms with Gasteiger partial charge in [-0.25, -0.2) is 0 Å². The van der Waals surface area contributed by atoms with Crippen LogP contribution in [0.15, 0.2) is 48.5 Å². The third-order valence-corrected chi connectivity index (χ3v) is 3.75. The molecule has 2 rings (SSSR count). The molecule has 0 aliphatic carbocycles. The van der Waals surface area contributed by atoms with Gasteiger partial charge in [-0.15, -0.1) is 0 Å². The van der Waals surface area contributed by atoms with Crippen molar-refractivity contribution in [1.82, 2.24) is 5.32 Å². The zero-order chi connectivity index (χ0) is 17.4. The van der Waals surface area contributed by atoms with Crippen molar-refractivity contribution in [3.05, 3.63) is 59.1 Å². The molecule has 128 valence electrons. The zero-order valence-electron chi connectivity index (χ0n) is 14.0. The van der Waals surface area contributed by atoms with Gasteiger partial charge in [-0.2, -0.15) is 0 Å². The van der Waals surface area contributed by atoms with Crippen LogP contribution in [0, 0.1) is 0 Å². The molecule has 1 amide bonds. The lowest BCUT2D eigenvalue weighted by Crippen LogP contribution is -2.35. The van der Waals surface area contributed by atoms with E-state index in [9.17, 15) is 4.79 Å². The molecule has 1 atom stereocenters. The highest BCUT2D eigenvalue weighted by Gasteiger charge is 2.14. The third-order valence-electron chi connectivity index (χ3n) is 3.50. The predicted octanol–water partition coefficient (Wildman–Crippen LogP) is 4.25. The number of hydrogen-bond donors (Lipinski definition) is 2. The van der Waals surface area contributed by atoms with Crippen LogP contribution in [0.4, 0.5) is 5.69 Å². The Morgan fingerprint density at radius 2 is 1.79 bits per heavy atom. The van der Waals surface area contributed by atoms with Crippen molar-refractivity contribution in [2.75, 3.05) is 11.9 Å². The van der Waals surface area contributed by atoms with E-state index in [-0.39, 0.29) is 5.91 Å². The summed E-state index contributed by atoms with van der Waals surface area (Å²) in [6, 6.07) is 15.0. The summed E-state index contributed by atoms with van der Waals surface area (Å²) in [7, 11) is 0. The fraction of sp³-hybridized carbons (Fsp3) is 0.316. The molecule has 0 saturated heterocycles. The van der Waals surface area contributed by atoms with E-state index in [1.165, 1.54) is 0 Å². The number of hydrogen-bond acceptors (Lipinski definition) is 3. The summed E-state index contributed by atoms with van der Waals surface area (Å²) in [5, 5.41) is 6.84. The fourth-order valence-corrected chi connectivity index (χ4v) is 2.24. The van der Waals surface area contributed by atoms with E-state index in [1.807, 2.05) is 24.3 Å².